The zero-order valence-corrected chi connectivity index (χ0v) is 9.57. The Hall–Kier alpha value is -2.05. The molecule has 102 valence electrons. The van der Waals surface area contributed by atoms with E-state index in [1.807, 2.05) is 0 Å². The predicted molar refractivity (Wildman–Crippen MR) is 58.3 cm³/mol. The molecule has 1 heterocycles. The SMILES string of the molecule is O=C(O)[C@@H]1C(=O)NCC1c1ccccc1C(F)(F)F. The van der Waals surface area contributed by atoms with Crippen LogP contribution in [-0.2, 0) is 15.8 Å². The van der Waals surface area contributed by atoms with Gasteiger partial charge < -0.3 is 10.4 Å². The fraction of sp³-hybridized carbons (Fsp3) is 0.333. The number of benzene rings is 1. The molecule has 1 unspecified atom stereocenters. The molecule has 0 spiro atoms. The third-order valence-corrected chi connectivity index (χ3v) is 3.11. The maximum atomic E-state index is 12.9. The Labute approximate surface area is 106 Å². The normalized spacial score (nSPS) is 23.2. The summed E-state index contributed by atoms with van der Waals surface area (Å²) in [5, 5.41) is 11.3. The average Bonchev–Trinajstić information content (AvgIpc) is 2.70. The van der Waals surface area contributed by atoms with Crippen molar-refractivity contribution < 1.29 is 27.9 Å². The summed E-state index contributed by atoms with van der Waals surface area (Å²) in [6.07, 6.45) is -4.58. The lowest BCUT2D eigenvalue weighted by atomic mass is 9.85. The number of carboxylic acids is 1. The summed E-state index contributed by atoms with van der Waals surface area (Å²) < 4.78 is 38.6. The number of carbonyl (C=O) groups is 2. The Morgan fingerprint density at radius 1 is 1.32 bits per heavy atom. The number of nitrogens with one attached hydrogen (secondary N) is 1. The zero-order chi connectivity index (χ0) is 14.2. The Morgan fingerprint density at radius 3 is 2.53 bits per heavy atom. The first-order valence-corrected chi connectivity index (χ1v) is 5.49. The number of hydrogen-bond acceptors (Lipinski definition) is 2. The zero-order valence-electron chi connectivity index (χ0n) is 9.57. The number of carboxylic acid groups (broad SMARTS) is 1. The maximum absolute atomic E-state index is 12.9. The number of amides is 1. The summed E-state index contributed by atoms with van der Waals surface area (Å²) in [7, 11) is 0. The third-order valence-electron chi connectivity index (χ3n) is 3.11. The van der Waals surface area contributed by atoms with Crippen LogP contribution in [0.4, 0.5) is 13.2 Å². The van der Waals surface area contributed by atoms with Gasteiger partial charge >= 0.3 is 12.1 Å². The monoisotopic (exact) mass is 273 g/mol. The summed E-state index contributed by atoms with van der Waals surface area (Å²) in [5.74, 6) is -4.67. The molecule has 1 aliphatic rings. The molecule has 1 saturated heterocycles. The van der Waals surface area contributed by atoms with Gasteiger partial charge in [0.05, 0.1) is 5.56 Å². The summed E-state index contributed by atoms with van der Waals surface area (Å²) in [4.78, 5) is 22.4. The number of carbonyl (C=O) groups excluding carboxylic acids is 1. The van der Waals surface area contributed by atoms with Crippen molar-refractivity contribution in [1.82, 2.24) is 5.32 Å². The van der Waals surface area contributed by atoms with E-state index in [1.165, 1.54) is 18.2 Å². The molecular formula is C12H10F3NO3. The van der Waals surface area contributed by atoms with Gasteiger partial charge in [0.25, 0.3) is 0 Å². The van der Waals surface area contributed by atoms with Crippen molar-refractivity contribution in [3.8, 4) is 0 Å². The van der Waals surface area contributed by atoms with E-state index in [1.54, 1.807) is 0 Å². The van der Waals surface area contributed by atoms with Crippen LogP contribution >= 0.6 is 0 Å². The quantitative estimate of drug-likeness (QED) is 0.805. The molecule has 1 amide bonds. The van der Waals surface area contributed by atoms with E-state index < -0.39 is 35.5 Å². The minimum atomic E-state index is -4.58. The second-order valence-electron chi connectivity index (χ2n) is 4.25. The van der Waals surface area contributed by atoms with Crippen molar-refractivity contribution >= 4 is 11.9 Å². The van der Waals surface area contributed by atoms with E-state index >= 15 is 0 Å². The van der Waals surface area contributed by atoms with E-state index in [4.69, 9.17) is 5.11 Å². The highest BCUT2D eigenvalue weighted by molar-refractivity contribution is 6.00. The number of halogens is 3. The third kappa shape index (κ3) is 2.40. The van der Waals surface area contributed by atoms with E-state index in [9.17, 15) is 22.8 Å². The summed E-state index contributed by atoms with van der Waals surface area (Å²) in [6, 6.07) is 4.72. The Kier molecular flexibility index (Phi) is 3.21. The van der Waals surface area contributed by atoms with Crippen LogP contribution in [0.3, 0.4) is 0 Å². The molecule has 0 saturated carbocycles. The van der Waals surface area contributed by atoms with E-state index in [2.05, 4.69) is 5.32 Å². The highest BCUT2D eigenvalue weighted by atomic mass is 19.4. The standard InChI is InChI=1S/C12H10F3NO3/c13-12(14,15)8-4-2-1-3-6(8)7-5-16-10(17)9(7)11(18)19/h1-4,7,9H,5H2,(H,16,17)(H,18,19)/t7?,9-/m0/s1. The molecule has 2 atom stereocenters. The second kappa shape index (κ2) is 4.56. The van der Waals surface area contributed by atoms with Crippen LogP contribution in [-0.4, -0.2) is 23.5 Å². The number of aliphatic carboxylic acids is 1. The summed E-state index contributed by atoms with van der Waals surface area (Å²) in [5.41, 5.74) is -1.07. The highest BCUT2D eigenvalue weighted by Crippen LogP contribution is 2.39. The van der Waals surface area contributed by atoms with Crippen molar-refractivity contribution in [2.75, 3.05) is 6.54 Å². The lowest BCUT2D eigenvalue weighted by molar-refractivity contribution is -0.147. The average molecular weight is 273 g/mol. The molecule has 7 heteroatoms. The van der Waals surface area contributed by atoms with E-state index in [0.29, 0.717) is 0 Å². The van der Waals surface area contributed by atoms with Crippen LogP contribution < -0.4 is 5.32 Å². The smallest absolute Gasteiger partial charge is 0.416 e. The minimum absolute atomic E-state index is 0.108. The molecule has 0 aliphatic carbocycles. The fourth-order valence-corrected chi connectivity index (χ4v) is 2.27. The Bertz CT molecular complexity index is 527. The summed E-state index contributed by atoms with van der Waals surface area (Å²) in [6.45, 7) is -0.108. The molecule has 2 N–H and O–H groups in total. The van der Waals surface area contributed by atoms with Gasteiger partial charge in [0.1, 0.15) is 5.92 Å². The van der Waals surface area contributed by atoms with E-state index in [-0.39, 0.29) is 12.1 Å². The molecule has 1 aromatic carbocycles. The second-order valence-corrected chi connectivity index (χ2v) is 4.25. The first kappa shape index (κ1) is 13.4. The van der Waals surface area contributed by atoms with Gasteiger partial charge in [-0.05, 0) is 11.6 Å². The van der Waals surface area contributed by atoms with Crippen molar-refractivity contribution in [2.45, 2.75) is 12.1 Å². The topological polar surface area (TPSA) is 66.4 Å². The molecule has 1 aliphatic heterocycles. The van der Waals surface area contributed by atoms with Gasteiger partial charge in [-0.2, -0.15) is 13.2 Å². The van der Waals surface area contributed by atoms with Gasteiger partial charge in [0.15, 0.2) is 0 Å². The summed E-state index contributed by atoms with van der Waals surface area (Å²) >= 11 is 0. The lowest BCUT2D eigenvalue weighted by Crippen LogP contribution is -2.27. The van der Waals surface area contributed by atoms with Gasteiger partial charge in [0, 0.05) is 12.5 Å². The number of rotatable bonds is 2. The van der Waals surface area contributed by atoms with Gasteiger partial charge in [-0.3, -0.25) is 9.59 Å². The molecule has 0 aromatic heterocycles. The largest absolute Gasteiger partial charge is 0.481 e. The number of hydrogen-bond donors (Lipinski definition) is 2. The number of alkyl halides is 3. The van der Waals surface area contributed by atoms with Crippen LogP contribution in [0.25, 0.3) is 0 Å². The lowest BCUT2D eigenvalue weighted by Gasteiger charge is -2.19. The molecule has 0 radical (unpaired) electrons. The fourth-order valence-electron chi connectivity index (χ4n) is 2.27. The minimum Gasteiger partial charge on any atom is -0.481 e. The molecule has 1 fully saturated rings. The van der Waals surface area contributed by atoms with Crippen LogP contribution in [0.5, 0.6) is 0 Å². The van der Waals surface area contributed by atoms with Gasteiger partial charge in [-0.1, -0.05) is 18.2 Å². The molecule has 4 nitrogen and oxygen atoms in total. The maximum Gasteiger partial charge on any atom is 0.416 e. The van der Waals surface area contributed by atoms with Crippen LogP contribution in [0, 0.1) is 5.92 Å². The van der Waals surface area contributed by atoms with Crippen LogP contribution in [0.2, 0.25) is 0 Å². The molecule has 2 rings (SSSR count). The van der Waals surface area contributed by atoms with Crippen molar-refractivity contribution in [1.29, 1.82) is 0 Å². The molecule has 1 aromatic rings. The molecular weight excluding hydrogens is 263 g/mol. The van der Waals surface area contributed by atoms with Crippen LogP contribution in [0.15, 0.2) is 24.3 Å². The van der Waals surface area contributed by atoms with Crippen molar-refractivity contribution in [2.24, 2.45) is 5.92 Å². The first-order chi connectivity index (χ1) is 8.82. The van der Waals surface area contributed by atoms with E-state index in [0.717, 1.165) is 6.07 Å². The van der Waals surface area contributed by atoms with Gasteiger partial charge in [-0.15, -0.1) is 0 Å². The molecule has 0 bridgehead atoms. The van der Waals surface area contributed by atoms with Crippen molar-refractivity contribution in [3.05, 3.63) is 35.4 Å². The van der Waals surface area contributed by atoms with Crippen LogP contribution in [0.1, 0.15) is 17.0 Å². The first-order valence-electron chi connectivity index (χ1n) is 5.49. The highest BCUT2D eigenvalue weighted by Gasteiger charge is 2.44. The van der Waals surface area contributed by atoms with Gasteiger partial charge in [-0.25, -0.2) is 0 Å². The molecule has 19 heavy (non-hydrogen) atoms. The Balaban J connectivity index is 2.48. The predicted octanol–water partition coefficient (Wildman–Crippen LogP) is 1.62. The Morgan fingerprint density at radius 2 is 1.95 bits per heavy atom. The van der Waals surface area contributed by atoms with Gasteiger partial charge in [0.2, 0.25) is 5.91 Å². The van der Waals surface area contributed by atoms with Crippen molar-refractivity contribution in [3.63, 3.8) is 0 Å².